The molecule has 1 N–H and O–H groups in total. The summed E-state index contributed by atoms with van der Waals surface area (Å²) in [7, 11) is 0. The van der Waals surface area contributed by atoms with Crippen molar-refractivity contribution in [2.24, 2.45) is 0 Å². The molecule has 2 saturated heterocycles. The monoisotopic (exact) mass is 371 g/mol. The Balaban J connectivity index is 0.00000225. The number of piperazine rings is 1. The Morgan fingerprint density at radius 1 is 1.20 bits per heavy atom. The molecule has 3 rings (SSSR count). The van der Waals surface area contributed by atoms with Crippen LogP contribution < -0.4 is 5.32 Å². The molecule has 1 atom stereocenters. The van der Waals surface area contributed by atoms with Crippen LogP contribution in [-0.4, -0.2) is 73.6 Å². The summed E-state index contributed by atoms with van der Waals surface area (Å²) in [5.74, 6) is 1.51. The largest absolute Gasteiger partial charge is 0.466 e. The van der Waals surface area contributed by atoms with Gasteiger partial charge in [0, 0.05) is 45.2 Å². The van der Waals surface area contributed by atoms with E-state index in [0.717, 1.165) is 12.3 Å². The molecule has 0 aromatic carbocycles. The van der Waals surface area contributed by atoms with Gasteiger partial charge in [0.05, 0.1) is 18.8 Å². The van der Waals surface area contributed by atoms with Gasteiger partial charge in [0.1, 0.15) is 11.5 Å². The van der Waals surface area contributed by atoms with E-state index in [0.29, 0.717) is 57.1 Å². The van der Waals surface area contributed by atoms with E-state index in [4.69, 9.17) is 9.15 Å². The highest BCUT2D eigenvalue weighted by atomic mass is 35.5. The quantitative estimate of drug-likeness (QED) is 0.857. The summed E-state index contributed by atoms with van der Waals surface area (Å²) in [5, 5.41) is 3.30. The van der Waals surface area contributed by atoms with E-state index >= 15 is 0 Å². The van der Waals surface area contributed by atoms with Crippen molar-refractivity contribution in [2.75, 3.05) is 45.9 Å². The van der Waals surface area contributed by atoms with Gasteiger partial charge in [0.2, 0.25) is 5.91 Å². The van der Waals surface area contributed by atoms with E-state index in [1.165, 1.54) is 0 Å². The zero-order valence-corrected chi connectivity index (χ0v) is 15.6. The van der Waals surface area contributed by atoms with E-state index < -0.39 is 0 Å². The summed E-state index contributed by atoms with van der Waals surface area (Å²) in [6.07, 6.45) is 0.452. The van der Waals surface area contributed by atoms with Crippen molar-refractivity contribution in [2.45, 2.75) is 26.3 Å². The van der Waals surface area contributed by atoms with Crippen molar-refractivity contribution in [1.82, 2.24) is 15.1 Å². The van der Waals surface area contributed by atoms with Crippen molar-refractivity contribution in [3.05, 3.63) is 23.2 Å². The third kappa shape index (κ3) is 4.74. The normalized spacial score (nSPS) is 21.0. The Hall–Kier alpha value is -1.57. The van der Waals surface area contributed by atoms with Gasteiger partial charge in [-0.1, -0.05) is 0 Å². The van der Waals surface area contributed by atoms with E-state index in [9.17, 15) is 9.59 Å². The number of rotatable bonds is 3. The average molecular weight is 372 g/mol. The first-order valence-corrected chi connectivity index (χ1v) is 8.50. The second-order valence-corrected chi connectivity index (χ2v) is 6.43. The van der Waals surface area contributed by atoms with Crippen LogP contribution in [0.15, 0.2) is 10.5 Å². The molecule has 0 radical (unpaired) electrons. The van der Waals surface area contributed by atoms with E-state index in [1.54, 1.807) is 17.9 Å². The van der Waals surface area contributed by atoms with Crippen LogP contribution in [0.1, 0.15) is 28.3 Å². The van der Waals surface area contributed by atoms with Crippen molar-refractivity contribution < 1.29 is 18.7 Å². The number of nitrogens with zero attached hydrogens (tertiary/aromatic N) is 2. The Bertz CT molecular complexity index is 605. The topological polar surface area (TPSA) is 75.0 Å². The Morgan fingerprint density at radius 3 is 2.44 bits per heavy atom. The molecule has 1 aromatic heterocycles. The number of aryl methyl sites for hydroxylation is 2. The highest BCUT2D eigenvalue weighted by molar-refractivity contribution is 5.95. The number of carbonyl (C=O) groups is 2. The third-order valence-corrected chi connectivity index (χ3v) is 4.61. The molecular weight excluding hydrogens is 346 g/mol. The van der Waals surface area contributed by atoms with Crippen molar-refractivity contribution >= 4 is 24.2 Å². The maximum atomic E-state index is 12.6. The lowest BCUT2D eigenvalue weighted by atomic mass is 10.1. The maximum Gasteiger partial charge on any atom is 0.257 e. The van der Waals surface area contributed by atoms with Gasteiger partial charge in [0.15, 0.2) is 0 Å². The molecule has 2 aliphatic heterocycles. The Labute approximate surface area is 154 Å². The van der Waals surface area contributed by atoms with E-state index in [1.807, 2.05) is 11.8 Å². The fourth-order valence-electron chi connectivity index (χ4n) is 3.26. The van der Waals surface area contributed by atoms with Crippen LogP contribution in [0.4, 0.5) is 0 Å². The molecule has 25 heavy (non-hydrogen) atoms. The highest BCUT2D eigenvalue weighted by Crippen LogP contribution is 2.17. The van der Waals surface area contributed by atoms with Gasteiger partial charge in [-0.25, -0.2) is 0 Å². The lowest BCUT2D eigenvalue weighted by Crippen LogP contribution is -2.52. The van der Waals surface area contributed by atoms with Crippen molar-refractivity contribution in [3.8, 4) is 0 Å². The molecule has 2 aliphatic rings. The van der Waals surface area contributed by atoms with Gasteiger partial charge < -0.3 is 24.3 Å². The number of hydrogen-bond acceptors (Lipinski definition) is 5. The number of halogens is 1. The molecule has 0 spiro atoms. The number of carbonyl (C=O) groups excluding carboxylic acids is 2. The lowest BCUT2D eigenvalue weighted by Gasteiger charge is -2.35. The molecule has 2 amide bonds. The van der Waals surface area contributed by atoms with Crippen LogP contribution >= 0.6 is 12.4 Å². The number of furan rings is 1. The fraction of sp³-hybridized carbons (Fsp3) is 0.647. The van der Waals surface area contributed by atoms with Gasteiger partial charge in [-0.15, -0.1) is 12.4 Å². The van der Waals surface area contributed by atoms with Gasteiger partial charge in [-0.3, -0.25) is 9.59 Å². The number of ether oxygens (including phenoxy) is 1. The summed E-state index contributed by atoms with van der Waals surface area (Å²) in [5.41, 5.74) is 0.621. The summed E-state index contributed by atoms with van der Waals surface area (Å²) in [6.45, 7) is 8.00. The van der Waals surface area contributed by atoms with Gasteiger partial charge in [-0.2, -0.15) is 0 Å². The van der Waals surface area contributed by atoms with Crippen molar-refractivity contribution in [1.29, 1.82) is 0 Å². The molecule has 7 nitrogen and oxygen atoms in total. The van der Waals surface area contributed by atoms with E-state index in [-0.39, 0.29) is 30.3 Å². The predicted octanol–water partition coefficient (Wildman–Crippen LogP) is 0.981. The first-order chi connectivity index (χ1) is 11.5. The van der Waals surface area contributed by atoms with Gasteiger partial charge in [0.25, 0.3) is 5.91 Å². The minimum absolute atomic E-state index is 0. The molecule has 1 unspecified atom stereocenters. The molecule has 1 aromatic rings. The molecule has 3 heterocycles. The Kier molecular flexibility index (Phi) is 6.87. The highest BCUT2D eigenvalue weighted by Gasteiger charge is 2.28. The summed E-state index contributed by atoms with van der Waals surface area (Å²) < 4.78 is 10.8. The zero-order valence-electron chi connectivity index (χ0n) is 14.7. The predicted molar refractivity (Wildman–Crippen MR) is 95.1 cm³/mol. The second kappa shape index (κ2) is 8.69. The number of nitrogens with one attached hydrogen (secondary N) is 1. The number of hydrogen-bond donors (Lipinski definition) is 1. The maximum absolute atomic E-state index is 12.6. The van der Waals surface area contributed by atoms with Crippen LogP contribution in [0, 0.1) is 13.8 Å². The van der Waals surface area contributed by atoms with Crippen LogP contribution in [-0.2, 0) is 9.53 Å². The minimum Gasteiger partial charge on any atom is -0.466 e. The van der Waals surface area contributed by atoms with Crippen LogP contribution in [0.3, 0.4) is 0 Å². The standard InChI is InChI=1S/C17H25N3O4.ClH/c1-12-9-15(13(2)24-12)17(22)20-6-4-19(5-7-20)16(21)10-14-11-23-8-3-18-14;/h9,14,18H,3-8,10-11H2,1-2H3;1H. The zero-order chi connectivity index (χ0) is 17.1. The summed E-state index contributed by atoms with van der Waals surface area (Å²) in [6, 6.07) is 1.88. The molecule has 140 valence electrons. The van der Waals surface area contributed by atoms with Crippen LogP contribution in [0.5, 0.6) is 0 Å². The molecule has 2 fully saturated rings. The molecule has 8 heteroatoms. The second-order valence-electron chi connectivity index (χ2n) is 6.43. The minimum atomic E-state index is -0.0150. The number of amides is 2. The lowest BCUT2D eigenvalue weighted by molar-refractivity contribution is -0.133. The SMILES string of the molecule is Cc1cc(C(=O)N2CCN(C(=O)CC3COCCN3)CC2)c(C)o1.Cl. The molecular formula is C17H26ClN3O4. The smallest absolute Gasteiger partial charge is 0.257 e. The fourth-order valence-corrected chi connectivity index (χ4v) is 3.26. The average Bonchev–Trinajstić information content (AvgIpc) is 2.93. The van der Waals surface area contributed by atoms with Gasteiger partial charge in [-0.05, 0) is 19.9 Å². The third-order valence-electron chi connectivity index (χ3n) is 4.61. The number of morpholine rings is 1. The van der Waals surface area contributed by atoms with Crippen molar-refractivity contribution in [3.63, 3.8) is 0 Å². The molecule has 0 aliphatic carbocycles. The Morgan fingerprint density at radius 2 is 1.88 bits per heavy atom. The van der Waals surface area contributed by atoms with E-state index in [2.05, 4.69) is 5.32 Å². The first-order valence-electron chi connectivity index (χ1n) is 8.50. The molecule has 0 saturated carbocycles. The first kappa shape index (κ1) is 19.8. The van der Waals surface area contributed by atoms with Crippen LogP contribution in [0.25, 0.3) is 0 Å². The summed E-state index contributed by atoms with van der Waals surface area (Å²) >= 11 is 0. The van der Waals surface area contributed by atoms with Gasteiger partial charge >= 0.3 is 0 Å². The summed E-state index contributed by atoms with van der Waals surface area (Å²) in [4.78, 5) is 28.6. The van der Waals surface area contributed by atoms with Crippen LogP contribution in [0.2, 0.25) is 0 Å². The molecule has 0 bridgehead atoms.